The lowest BCUT2D eigenvalue weighted by molar-refractivity contribution is -0.151. The molecule has 370 valence electrons. The average Bonchev–Trinajstić information content (AvgIpc) is 3.29. The average molecular weight is 894 g/mol. The van der Waals surface area contributed by atoms with Gasteiger partial charge in [-0.25, -0.2) is 0 Å². The van der Waals surface area contributed by atoms with Gasteiger partial charge in [0.15, 0.2) is 0 Å². The molecule has 0 spiro atoms. The third-order valence-corrected chi connectivity index (χ3v) is 12.0. The van der Waals surface area contributed by atoms with Crippen molar-refractivity contribution < 1.29 is 24.5 Å². The zero-order chi connectivity index (χ0) is 46.7. The summed E-state index contributed by atoms with van der Waals surface area (Å²) in [6.07, 6.45) is 65.3. The van der Waals surface area contributed by atoms with E-state index in [-0.39, 0.29) is 24.9 Å². The van der Waals surface area contributed by atoms with E-state index < -0.39 is 18.2 Å². The monoisotopic (exact) mass is 894 g/mol. The molecule has 0 aliphatic rings. The van der Waals surface area contributed by atoms with Gasteiger partial charge in [0.25, 0.3) is 0 Å². The van der Waals surface area contributed by atoms with Gasteiger partial charge in [-0.15, -0.1) is 0 Å². The van der Waals surface area contributed by atoms with Crippen LogP contribution in [0, 0.1) is 0 Å². The number of aliphatic hydroxyl groups is 2. The molecule has 0 saturated heterocycles. The fourth-order valence-corrected chi connectivity index (χ4v) is 7.86. The van der Waals surface area contributed by atoms with Crippen molar-refractivity contribution >= 4 is 11.9 Å². The predicted molar refractivity (Wildman–Crippen MR) is 278 cm³/mol. The largest absolute Gasteiger partial charge is 0.462 e. The molecule has 0 aromatic carbocycles. The molecule has 0 heterocycles. The number of esters is 1. The first kappa shape index (κ1) is 61.3. The van der Waals surface area contributed by atoms with Crippen molar-refractivity contribution in [3.63, 3.8) is 0 Å². The fourth-order valence-electron chi connectivity index (χ4n) is 7.86. The molecule has 3 atom stereocenters. The molecule has 0 bridgehead atoms. The zero-order valence-corrected chi connectivity index (χ0v) is 42.1. The van der Waals surface area contributed by atoms with Crippen LogP contribution >= 0.6 is 0 Å². The SMILES string of the molecule is CCCCC/C=C\C/C=C\C/C=C\C/C=C\CCCC(=O)OC(CCCCCCC/C=C\C/C=C\CCCCC)CC(=O)NC(CO)C(O)CCCCCCCCCCCCCCC. The molecule has 1 amide bonds. The molecule has 0 saturated carbocycles. The van der Waals surface area contributed by atoms with E-state index in [2.05, 4.69) is 99.0 Å². The normalized spacial score (nSPS) is 13.8. The molecular weight excluding hydrogens is 791 g/mol. The van der Waals surface area contributed by atoms with Crippen molar-refractivity contribution in [1.29, 1.82) is 0 Å². The van der Waals surface area contributed by atoms with Crippen molar-refractivity contribution in [2.24, 2.45) is 0 Å². The summed E-state index contributed by atoms with van der Waals surface area (Å²) in [6, 6.07) is -0.720. The first-order chi connectivity index (χ1) is 31.5. The summed E-state index contributed by atoms with van der Waals surface area (Å²) in [6.45, 7) is 6.42. The number of carbonyl (C=O) groups excluding carboxylic acids is 2. The number of ether oxygens (including phenoxy) is 1. The molecular formula is C58H103NO5. The highest BCUT2D eigenvalue weighted by molar-refractivity contribution is 5.77. The Morgan fingerprint density at radius 2 is 0.797 bits per heavy atom. The number of hydrogen-bond donors (Lipinski definition) is 3. The smallest absolute Gasteiger partial charge is 0.306 e. The number of amides is 1. The maximum atomic E-state index is 13.2. The van der Waals surface area contributed by atoms with Gasteiger partial charge >= 0.3 is 5.97 Å². The van der Waals surface area contributed by atoms with Crippen LogP contribution in [0.4, 0.5) is 0 Å². The first-order valence-electron chi connectivity index (χ1n) is 27.2. The lowest BCUT2D eigenvalue weighted by Crippen LogP contribution is -2.46. The second-order valence-electron chi connectivity index (χ2n) is 18.3. The summed E-state index contributed by atoms with van der Waals surface area (Å²) in [4.78, 5) is 26.2. The summed E-state index contributed by atoms with van der Waals surface area (Å²) < 4.78 is 5.91. The molecule has 0 fully saturated rings. The Kier molecular flexibility index (Phi) is 49.1. The zero-order valence-electron chi connectivity index (χ0n) is 42.1. The van der Waals surface area contributed by atoms with E-state index in [1.54, 1.807) is 0 Å². The third-order valence-electron chi connectivity index (χ3n) is 12.0. The molecule has 0 aromatic heterocycles. The fraction of sp³-hybridized carbons (Fsp3) is 0.759. The molecule has 0 rings (SSSR count). The number of rotatable bonds is 48. The van der Waals surface area contributed by atoms with E-state index in [1.807, 2.05) is 0 Å². The van der Waals surface area contributed by atoms with Crippen LogP contribution in [0.5, 0.6) is 0 Å². The minimum Gasteiger partial charge on any atom is -0.462 e. The number of hydrogen-bond acceptors (Lipinski definition) is 5. The Labute approximate surface area is 396 Å². The van der Waals surface area contributed by atoms with Crippen LogP contribution in [-0.4, -0.2) is 46.9 Å². The number of allylic oxidation sites excluding steroid dienone is 12. The number of unbranched alkanes of at least 4 members (excludes halogenated alkanes) is 24. The Balaban J connectivity index is 4.70. The molecule has 0 radical (unpaired) electrons. The van der Waals surface area contributed by atoms with Gasteiger partial charge in [-0.2, -0.15) is 0 Å². The third kappa shape index (κ3) is 45.9. The summed E-state index contributed by atoms with van der Waals surface area (Å²) in [5.74, 6) is -0.553. The van der Waals surface area contributed by atoms with Crippen molar-refractivity contribution in [3.05, 3.63) is 72.9 Å². The van der Waals surface area contributed by atoms with Gasteiger partial charge in [0, 0.05) is 6.42 Å². The van der Waals surface area contributed by atoms with Gasteiger partial charge in [0.2, 0.25) is 5.91 Å². The van der Waals surface area contributed by atoms with Crippen LogP contribution < -0.4 is 5.32 Å². The number of aliphatic hydroxyl groups excluding tert-OH is 2. The van der Waals surface area contributed by atoms with Crippen LogP contribution in [0.25, 0.3) is 0 Å². The van der Waals surface area contributed by atoms with E-state index >= 15 is 0 Å². The molecule has 0 aliphatic carbocycles. The summed E-state index contributed by atoms with van der Waals surface area (Å²) in [7, 11) is 0. The molecule has 64 heavy (non-hydrogen) atoms. The van der Waals surface area contributed by atoms with Crippen LogP contribution in [0.15, 0.2) is 72.9 Å². The minimum absolute atomic E-state index is 0.0444. The Morgan fingerprint density at radius 1 is 0.453 bits per heavy atom. The Bertz CT molecular complexity index is 1190. The first-order valence-corrected chi connectivity index (χ1v) is 27.2. The summed E-state index contributed by atoms with van der Waals surface area (Å²) >= 11 is 0. The Morgan fingerprint density at radius 3 is 1.23 bits per heavy atom. The second kappa shape index (κ2) is 51.3. The lowest BCUT2D eigenvalue weighted by atomic mass is 10.0. The lowest BCUT2D eigenvalue weighted by Gasteiger charge is -2.24. The molecule has 3 N–H and O–H groups in total. The molecule has 6 heteroatoms. The van der Waals surface area contributed by atoms with Crippen LogP contribution in [-0.2, 0) is 14.3 Å². The van der Waals surface area contributed by atoms with Crippen molar-refractivity contribution in [1.82, 2.24) is 5.32 Å². The molecule has 0 aliphatic heterocycles. The maximum Gasteiger partial charge on any atom is 0.306 e. The Hall–Kier alpha value is -2.70. The highest BCUT2D eigenvalue weighted by Gasteiger charge is 2.24. The van der Waals surface area contributed by atoms with Gasteiger partial charge in [0.05, 0.1) is 25.2 Å². The van der Waals surface area contributed by atoms with E-state index in [0.717, 1.165) is 83.5 Å². The van der Waals surface area contributed by atoms with Gasteiger partial charge in [-0.3, -0.25) is 9.59 Å². The van der Waals surface area contributed by atoms with E-state index in [0.29, 0.717) is 25.7 Å². The topological polar surface area (TPSA) is 95.9 Å². The highest BCUT2D eigenvalue weighted by atomic mass is 16.5. The number of nitrogens with one attached hydrogen (secondary N) is 1. The van der Waals surface area contributed by atoms with Crippen molar-refractivity contribution in [2.75, 3.05) is 6.61 Å². The van der Waals surface area contributed by atoms with E-state index in [1.165, 1.54) is 122 Å². The molecule has 0 aromatic rings. The summed E-state index contributed by atoms with van der Waals surface area (Å²) in [5, 5.41) is 23.8. The maximum absolute atomic E-state index is 13.2. The predicted octanol–water partition coefficient (Wildman–Crippen LogP) is 16.6. The highest BCUT2D eigenvalue weighted by Crippen LogP contribution is 2.17. The number of carbonyl (C=O) groups is 2. The minimum atomic E-state index is -0.803. The van der Waals surface area contributed by atoms with E-state index in [9.17, 15) is 19.8 Å². The molecule has 6 nitrogen and oxygen atoms in total. The van der Waals surface area contributed by atoms with Crippen LogP contribution in [0.3, 0.4) is 0 Å². The van der Waals surface area contributed by atoms with Gasteiger partial charge < -0.3 is 20.3 Å². The van der Waals surface area contributed by atoms with Gasteiger partial charge in [0.1, 0.15) is 6.10 Å². The van der Waals surface area contributed by atoms with Crippen molar-refractivity contribution in [3.8, 4) is 0 Å². The standard InChI is InChI=1S/C58H103NO5/c1-4-7-10-13-16-19-22-25-27-28-30-33-36-39-42-45-48-51-58(63)64-54(49-46-43-40-37-34-32-29-26-23-20-17-14-11-8-5-2)52-57(62)59-55(53-60)56(61)50-47-44-41-38-35-31-24-21-18-15-12-9-6-3/h16-17,19-20,25-27,29-30,33,39,42,54-56,60-61H,4-15,18,21-24,28,31-32,34-38,40-41,43-53H2,1-3H3,(H,59,62)/b19-16-,20-17-,27-25-,29-26-,33-30-,42-39-. The van der Waals surface area contributed by atoms with Crippen molar-refractivity contribution in [2.45, 2.75) is 277 Å². The van der Waals surface area contributed by atoms with Gasteiger partial charge in [-0.05, 0) is 96.3 Å². The summed E-state index contributed by atoms with van der Waals surface area (Å²) in [5.41, 5.74) is 0. The van der Waals surface area contributed by atoms with E-state index in [4.69, 9.17) is 4.74 Å². The molecule has 3 unspecified atom stereocenters. The van der Waals surface area contributed by atoms with Crippen LogP contribution in [0.2, 0.25) is 0 Å². The second-order valence-corrected chi connectivity index (χ2v) is 18.3. The quantitative estimate of drug-likeness (QED) is 0.0321. The van der Waals surface area contributed by atoms with Crippen LogP contribution in [0.1, 0.15) is 258 Å². The van der Waals surface area contributed by atoms with Gasteiger partial charge in [-0.1, -0.05) is 222 Å².